The van der Waals surface area contributed by atoms with Gasteiger partial charge in [0.05, 0.1) is 10.9 Å². The molecule has 1 heterocycles. The lowest BCUT2D eigenvalue weighted by Gasteiger charge is -2.18. The van der Waals surface area contributed by atoms with Crippen molar-refractivity contribution in [3.05, 3.63) is 47.5 Å². The zero-order valence-corrected chi connectivity index (χ0v) is 15.6. The zero-order chi connectivity index (χ0) is 18.9. The Kier molecular flexibility index (Phi) is 4.72. The summed E-state index contributed by atoms with van der Waals surface area (Å²) >= 11 is 0. The standard InChI is InChI=1S/C21H24N2O3/c1-5-14-15(7-6-8-16(14)20(24)25)13-9-10-18-17(11-13)19(23-26-18)22-12-21(2,3)4/h6-11H,5,12H2,1-4H3,(H,22,23)(H,24,25). The van der Waals surface area contributed by atoms with Crippen LogP contribution < -0.4 is 5.32 Å². The summed E-state index contributed by atoms with van der Waals surface area (Å²) in [5, 5.41) is 17.8. The molecular weight excluding hydrogens is 328 g/mol. The molecular formula is C21H24N2O3. The van der Waals surface area contributed by atoms with E-state index in [1.165, 1.54) is 0 Å². The number of nitrogens with one attached hydrogen (secondary N) is 1. The smallest absolute Gasteiger partial charge is 0.335 e. The van der Waals surface area contributed by atoms with E-state index in [0.29, 0.717) is 23.4 Å². The highest BCUT2D eigenvalue weighted by molar-refractivity contribution is 5.95. The number of hydrogen-bond acceptors (Lipinski definition) is 4. The first-order valence-corrected chi connectivity index (χ1v) is 8.79. The van der Waals surface area contributed by atoms with E-state index in [1.54, 1.807) is 12.1 Å². The fourth-order valence-electron chi connectivity index (χ4n) is 3.02. The van der Waals surface area contributed by atoms with Gasteiger partial charge in [-0.3, -0.25) is 0 Å². The van der Waals surface area contributed by atoms with Gasteiger partial charge in [0.2, 0.25) is 0 Å². The number of carboxylic acids is 1. The quantitative estimate of drug-likeness (QED) is 0.659. The first kappa shape index (κ1) is 18.0. The number of benzene rings is 2. The lowest BCUT2D eigenvalue weighted by molar-refractivity contribution is 0.0696. The molecule has 0 spiro atoms. The molecule has 0 saturated carbocycles. The molecule has 0 bridgehead atoms. The topological polar surface area (TPSA) is 75.4 Å². The Hall–Kier alpha value is -2.82. The molecule has 3 aromatic rings. The molecule has 1 aromatic heterocycles. The first-order valence-electron chi connectivity index (χ1n) is 8.79. The van der Waals surface area contributed by atoms with E-state index in [9.17, 15) is 9.90 Å². The van der Waals surface area contributed by atoms with E-state index in [-0.39, 0.29) is 5.41 Å². The third-order valence-corrected chi connectivity index (χ3v) is 4.33. The lowest BCUT2D eigenvalue weighted by atomic mass is 9.93. The van der Waals surface area contributed by atoms with E-state index in [2.05, 4.69) is 31.2 Å². The monoisotopic (exact) mass is 352 g/mol. The van der Waals surface area contributed by atoms with Crippen LogP contribution in [0, 0.1) is 5.41 Å². The van der Waals surface area contributed by atoms with Gasteiger partial charge in [0.15, 0.2) is 11.4 Å². The predicted molar refractivity (Wildman–Crippen MR) is 104 cm³/mol. The number of nitrogens with zero attached hydrogens (tertiary/aromatic N) is 1. The zero-order valence-electron chi connectivity index (χ0n) is 15.6. The van der Waals surface area contributed by atoms with Gasteiger partial charge < -0.3 is 14.9 Å². The Balaban J connectivity index is 2.07. The van der Waals surface area contributed by atoms with Crippen molar-refractivity contribution in [3.63, 3.8) is 0 Å². The molecule has 0 aliphatic carbocycles. The van der Waals surface area contributed by atoms with E-state index >= 15 is 0 Å². The van der Waals surface area contributed by atoms with Gasteiger partial charge in [-0.05, 0) is 46.7 Å². The molecule has 136 valence electrons. The minimum absolute atomic E-state index is 0.119. The molecule has 5 nitrogen and oxygen atoms in total. The number of aromatic nitrogens is 1. The Bertz CT molecular complexity index is 952. The van der Waals surface area contributed by atoms with Gasteiger partial charge in [0.1, 0.15) is 0 Å². The molecule has 2 aromatic carbocycles. The van der Waals surface area contributed by atoms with Gasteiger partial charge in [-0.2, -0.15) is 0 Å². The largest absolute Gasteiger partial charge is 0.478 e. The van der Waals surface area contributed by atoms with E-state index in [4.69, 9.17) is 4.52 Å². The molecule has 5 heteroatoms. The molecule has 0 amide bonds. The molecule has 0 aliphatic rings. The molecule has 2 N–H and O–H groups in total. The van der Waals surface area contributed by atoms with Crippen molar-refractivity contribution in [2.24, 2.45) is 5.41 Å². The summed E-state index contributed by atoms with van der Waals surface area (Å²) in [6.07, 6.45) is 0.647. The highest BCUT2D eigenvalue weighted by atomic mass is 16.5. The van der Waals surface area contributed by atoms with Crippen LogP contribution in [0.1, 0.15) is 43.6 Å². The number of fused-ring (bicyclic) bond motifs is 1. The SMILES string of the molecule is CCc1c(C(=O)O)cccc1-c1ccc2onc(NCC(C)(C)C)c2c1. The van der Waals surface area contributed by atoms with Crippen LogP contribution in [0.15, 0.2) is 40.9 Å². The normalized spacial score (nSPS) is 11.7. The predicted octanol–water partition coefficient (Wildman–Crippen LogP) is 5.21. The Morgan fingerprint density at radius 3 is 2.65 bits per heavy atom. The van der Waals surface area contributed by atoms with Crippen LogP contribution in [0.4, 0.5) is 5.82 Å². The average molecular weight is 352 g/mol. The highest BCUT2D eigenvalue weighted by Gasteiger charge is 2.17. The number of hydrogen-bond donors (Lipinski definition) is 2. The fraction of sp³-hybridized carbons (Fsp3) is 0.333. The Morgan fingerprint density at radius 1 is 1.23 bits per heavy atom. The number of rotatable bonds is 5. The van der Waals surface area contributed by atoms with Crippen LogP contribution in [-0.2, 0) is 6.42 Å². The van der Waals surface area contributed by atoms with Crippen molar-refractivity contribution >= 4 is 22.8 Å². The third kappa shape index (κ3) is 3.57. The molecule has 0 saturated heterocycles. The molecule has 0 aliphatic heterocycles. The van der Waals surface area contributed by atoms with Crippen LogP contribution in [-0.4, -0.2) is 22.8 Å². The van der Waals surface area contributed by atoms with Crippen molar-refractivity contribution in [2.45, 2.75) is 34.1 Å². The number of carboxylic acid groups (broad SMARTS) is 1. The molecule has 26 heavy (non-hydrogen) atoms. The molecule has 0 unspecified atom stereocenters. The Morgan fingerprint density at radius 2 is 2.00 bits per heavy atom. The first-order chi connectivity index (χ1) is 12.3. The van der Waals surface area contributed by atoms with Gasteiger partial charge >= 0.3 is 5.97 Å². The van der Waals surface area contributed by atoms with Gasteiger partial charge in [-0.25, -0.2) is 4.79 Å². The summed E-state index contributed by atoms with van der Waals surface area (Å²) in [5.74, 6) is -0.188. The summed E-state index contributed by atoms with van der Waals surface area (Å²) in [6, 6.07) is 11.2. The maximum absolute atomic E-state index is 11.5. The molecule has 3 rings (SSSR count). The lowest BCUT2D eigenvalue weighted by Crippen LogP contribution is -2.19. The molecule has 0 atom stereocenters. The van der Waals surface area contributed by atoms with Crippen LogP contribution in [0.5, 0.6) is 0 Å². The van der Waals surface area contributed by atoms with Gasteiger partial charge in [-0.15, -0.1) is 0 Å². The minimum Gasteiger partial charge on any atom is -0.478 e. The van der Waals surface area contributed by atoms with Crippen LogP contribution in [0.25, 0.3) is 22.1 Å². The maximum Gasteiger partial charge on any atom is 0.335 e. The van der Waals surface area contributed by atoms with Crippen molar-refractivity contribution in [1.82, 2.24) is 5.16 Å². The van der Waals surface area contributed by atoms with E-state index < -0.39 is 5.97 Å². The highest BCUT2D eigenvalue weighted by Crippen LogP contribution is 2.32. The van der Waals surface area contributed by atoms with Gasteiger partial charge in [0, 0.05) is 6.54 Å². The summed E-state index contributed by atoms with van der Waals surface area (Å²) in [5.41, 5.74) is 3.89. The summed E-state index contributed by atoms with van der Waals surface area (Å²) < 4.78 is 5.42. The number of anilines is 1. The number of aromatic carboxylic acids is 1. The summed E-state index contributed by atoms with van der Waals surface area (Å²) in [4.78, 5) is 11.5. The minimum atomic E-state index is -0.901. The van der Waals surface area contributed by atoms with Crippen LogP contribution >= 0.6 is 0 Å². The number of carbonyl (C=O) groups is 1. The second-order valence-corrected chi connectivity index (χ2v) is 7.65. The fourth-order valence-corrected chi connectivity index (χ4v) is 3.02. The summed E-state index contributed by atoms with van der Waals surface area (Å²) in [7, 11) is 0. The second-order valence-electron chi connectivity index (χ2n) is 7.65. The average Bonchev–Trinajstić information content (AvgIpc) is 3.00. The second kappa shape index (κ2) is 6.83. The summed E-state index contributed by atoms with van der Waals surface area (Å²) in [6.45, 7) is 9.20. The van der Waals surface area contributed by atoms with Crippen LogP contribution in [0.2, 0.25) is 0 Å². The Labute approximate surface area is 153 Å². The van der Waals surface area contributed by atoms with Gasteiger partial charge in [-0.1, -0.05) is 51.1 Å². The van der Waals surface area contributed by atoms with Crippen molar-refractivity contribution in [2.75, 3.05) is 11.9 Å². The maximum atomic E-state index is 11.5. The van der Waals surface area contributed by atoms with Crippen LogP contribution in [0.3, 0.4) is 0 Å². The van der Waals surface area contributed by atoms with Gasteiger partial charge in [0.25, 0.3) is 0 Å². The van der Waals surface area contributed by atoms with E-state index in [1.807, 2.05) is 31.2 Å². The molecule has 0 radical (unpaired) electrons. The van der Waals surface area contributed by atoms with Crippen molar-refractivity contribution in [1.29, 1.82) is 0 Å². The van der Waals surface area contributed by atoms with Crippen molar-refractivity contribution in [3.8, 4) is 11.1 Å². The third-order valence-electron chi connectivity index (χ3n) is 4.33. The van der Waals surface area contributed by atoms with E-state index in [0.717, 1.165) is 28.6 Å². The molecule has 0 fully saturated rings. The van der Waals surface area contributed by atoms with Crippen molar-refractivity contribution < 1.29 is 14.4 Å².